The van der Waals surface area contributed by atoms with Crippen molar-refractivity contribution in [1.29, 1.82) is 5.26 Å². The van der Waals surface area contributed by atoms with Crippen LogP contribution in [0.2, 0.25) is 0 Å². The van der Waals surface area contributed by atoms with Crippen LogP contribution in [0.3, 0.4) is 0 Å². The van der Waals surface area contributed by atoms with E-state index >= 15 is 0 Å². The van der Waals surface area contributed by atoms with Gasteiger partial charge in [-0.2, -0.15) is 5.26 Å². The van der Waals surface area contributed by atoms with Crippen molar-refractivity contribution >= 4 is 21.6 Å². The molecule has 22 heavy (non-hydrogen) atoms. The van der Waals surface area contributed by atoms with Gasteiger partial charge in [-0.05, 0) is 38.5 Å². The largest absolute Gasteiger partial charge is 0.335 e. The Hall–Kier alpha value is -2.07. The number of anilines is 1. The molecule has 0 aliphatic carbocycles. The van der Waals surface area contributed by atoms with E-state index in [1.54, 1.807) is 24.0 Å². The van der Waals surface area contributed by atoms with Crippen molar-refractivity contribution in [2.75, 3.05) is 17.5 Å². The van der Waals surface area contributed by atoms with E-state index in [1.807, 2.05) is 19.9 Å². The zero-order chi connectivity index (χ0) is 16.9. The molecule has 0 fully saturated rings. The molecule has 0 aliphatic rings. The molecule has 1 aromatic carbocycles. The van der Waals surface area contributed by atoms with Crippen LogP contribution in [-0.4, -0.2) is 38.1 Å². The van der Waals surface area contributed by atoms with Gasteiger partial charge < -0.3 is 4.90 Å². The number of rotatable bonds is 6. The van der Waals surface area contributed by atoms with E-state index in [9.17, 15) is 13.2 Å². The molecule has 0 unspecified atom stereocenters. The quantitative estimate of drug-likeness (QED) is 0.868. The first kappa shape index (κ1) is 18.0. The molecular weight excluding hydrogens is 302 g/mol. The third kappa shape index (κ3) is 5.04. The topological polar surface area (TPSA) is 90.3 Å². The predicted octanol–water partition coefficient (Wildman–Crippen LogP) is 2.13. The minimum Gasteiger partial charge on any atom is -0.335 e. The number of hydrogen-bond donors (Lipinski definition) is 1. The Morgan fingerprint density at radius 1 is 1.41 bits per heavy atom. The number of nitriles is 1. The van der Waals surface area contributed by atoms with Crippen molar-refractivity contribution in [1.82, 2.24) is 4.90 Å². The van der Waals surface area contributed by atoms with Crippen molar-refractivity contribution < 1.29 is 13.2 Å². The number of aryl methyl sites for hydroxylation is 1. The van der Waals surface area contributed by atoms with Crippen LogP contribution in [0.15, 0.2) is 18.2 Å². The second kappa shape index (κ2) is 7.27. The van der Waals surface area contributed by atoms with E-state index in [-0.39, 0.29) is 18.4 Å². The number of benzene rings is 1. The molecule has 1 aromatic rings. The van der Waals surface area contributed by atoms with Crippen LogP contribution in [0.1, 0.15) is 36.2 Å². The summed E-state index contributed by atoms with van der Waals surface area (Å²) >= 11 is 0. The Morgan fingerprint density at radius 2 is 2.05 bits per heavy atom. The van der Waals surface area contributed by atoms with Crippen molar-refractivity contribution in [3.8, 4) is 6.07 Å². The summed E-state index contributed by atoms with van der Waals surface area (Å²) in [6.45, 7) is 5.85. The van der Waals surface area contributed by atoms with Gasteiger partial charge in [0.05, 0.1) is 24.4 Å². The fraction of sp³-hybridized carbons (Fsp3) is 0.467. The summed E-state index contributed by atoms with van der Waals surface area (Å²) in [5, 5.41) is 8.69. The highest BCUT2D eigenvalue weighted by molar-refractivity contribution is 7.92. The lowest BCUT2D eigenvalue weighted by molar-refractivity contribution is 0.0710. The molecule has 0 saturated heterocycles. The van der Waals surface area contributed by atoms with Crippen LogP contribution in [0.25, 0.3) is 0 Å². The third-order valence-electron chi connectivity index (χ3n) is 3.13. The van der Waals surface area contributed by atoms with E-state index < -0.39 is 10.0 Å². The molecule has 7 heteroatoms. The Morgan fingerprint density at radius 3 is 2.55 bits per heavy atom. The van der Waals surface area contributed by atoms with Gasteiger partial charge in [0, 0.05) is 18.2 Å². The molecule has 6 nitrogen and oxygen atoms in total. The first-order chi connectivity index (χ1) is 10.2. The third-order valence-corrected chi connectivity index (χ3v) is 3.72. The highest BCUT2D eigenvalue weighted by atomic mass is 32.2. The number of carbonyl (C=O) groups is 1. The molecule has 0 atom stereocenters. The maximum absolute atomic E-state index is 12.6. The van der Waals surface area contributed by atoms with Crippen molar-refractivity contribution in [3.05, 3.63) is 29.3 Å². The van der Waals surface area contributed by atoms with E-state index in [1.165, 1.54) is 6.07 Å². The van der Waals surface area contributed by atoms with E-state index in [4.69, 9.17) is 5.26 Å². The Kier molecular flexibility index (Phi) is 5.94. The van der Waals surface area contributed by atoms with Crippen LogP contribution >= 0.6 is 0 Å². The first-order valence-corrected chi connectivity index (χ1v) is 8.81. The maximum Gasteiger partial charge on any atom is 0.254 e. The number of hydrogen-bond acceptors (Lipinski definition) is 4. The summed E-state index contributed by atoms with van der Waals surface area (Å²) in [5.74, 6) is -0.221. The number of sulfonamides is 1. The zero-order valence-corrected chi connectivity index (χ0v) is 14.1. The minimum absolute atomic E-state index is 0.0477. The maximum atomic E-state index is 12.6. The molecule has 120 valence electrons. The van der Waals surface area contributed by atoms with E-state index in [0.29, 0.717) is 17.8 Å². The van der Waals surface area contributed by atoms with Gasteiger partial charge in [0.25, 0.3) is 5.91 Å². The minimum atomic E-state index is -3.41. The lowest BCUT2D eigenvalue weighted by atomic mass is 10.1. The van der Waals surface area contributed by atoms with Crippen LogP contribution in [0, 0.1) is 18.3 Å². The zero-order valence-electron chi connectivity index (χ0n) is 13.3. The summed E-state index contributed by atoms with van der Waals surface area (Å²) in [7, 11) is -3.41. The van der Waals surface area contributed by atoms with Crippen LogP contribution < -0.4 is 4.72 Å². The van der Waals surface area contributed by atoms with Gasteiger partial charge >= 0.3 is 0 Å². The number of carbonyl (C=O) groups excluding carboxylic acids is 1. The van der Waals surface area contributed by atoms with Gasteiger partial charge in [0.15, 0.2) is 0 Å². The normalized spacial score (nSPS) is 11.1. The SMILES string of the molecule is Cc1ccc(C(=O)N(CCC#N)C(C)C)cc1NS(C)(=O)=O. The fourth-order valence-electron chi connectivity index (χ4n) is 2.00. The Labute approximate surface area is 131 Å². The van der Waals surface area contributed by atoms with Gasteiger partial charge in [-0.15, -0.1) is 0 Å². The highest BCUT2D eigenvalue weighted by Gasteiger charge is 2.19. The molecule has 0 bridgehead atoms. The monoisotopic (exact) mass is 323 g/mol. The van der Waals surface area contributed by atoms with Crippen molar-refractivity contribution in [3.63, 3.8) is 0 Å². The summed E-state index contributed by atoms with van der Waals surface area (Å²) in [6, 6.07) is 6.86. The van der Waals surface area contributed by atoms with Crippen LogP contribution in [0.5, 0.6) is 0 Å². The first-order valence-electron chi connectivity index (χ1n) is 6.92. The molecule has 1 rings (SSSR count). The van der Waals surface area contributed by atoms with Gasteiger partial charge in [-0.25, -0.2) is 8.42 Å². The molecular formula is C15H21N3O3S. The predicted molar refractivity (Wildman–Crippen MR) is 86.0 cm³/mol. The number of nitrogens with one attached hydrogen (secondary N) is 1. The second-order valence-corrected chi connectivity index (χ2v) is 7.15. The molecule has 0 heterocycles. The summed E-state index contributed by atoms with van der Waals surface area (Å²) in [6.07, 6.45) is 1.32. The summed E-state index contributed by atoms with van der Waals surface area (Å²) < 4.78 is 25.2. The van der Waals surface area contributed by atoms with Gasteiger partial charge in [0.1, 0.15) is 0 Å². The van der Waals surface area contributed by atoms with E-state index in [0.717, 1.165) is 11.8 Å². The fourth-order valence-corrected chi connectivity index (χ4v) is 2.61. The molecule has 1 N–H and O–H groups in total. The Balaban J connectivity index is 3.12. The molecule has 1 amide bonds. The number of nitrogens with zero attached hydrogens (tertiary/aromatic N) is 2. The van der Waals surface area contributed by atoms with Gasteiger partial charge in [0.2, 0.25) is 10.0 Å². The van der Waals surface area contributed by atoms with Crippen molar-refractivity contribution in [2.45, 2.75) is 33.2 Å². The van der Waals surface area contributed by atoms with Crippen LogP contribution in [0.4, 0.5) is 5.69 Å². The Bertz CT molecular complexity index is 690. The lowest BCUT2D eigenvalue weighted by Crippen LogP contribution is -2.37. The molecule has 0 saturated carbocycles. The second-order valence-electron chi connectivity index (χ2n) is 5.40. The average Bonchev–Trinajstić information content (AvgIpc) is 2.39. The molecule has 0 spiro atoms. The molecule has 0 aliphatic heterocycles. The summed E-state index contributed by atoms with van der Waals surface area (Å²) in [4.78, 5) is 14.2. The summed E-state index contributed by atoms with van der Waals surface area (Å²) in [5.41, 5.74) is 1.51. The van der Waals surface area contributed by atoms with E-state index in [2.05, 4.69) is 4.72 Å². The van der Waals surface area contributed by atoms with Gasteiger partial charge in [-0.1, -0.05) is 6.07 Å². The smallest absolute Gasteiger partial charge is 0.254 e. The average molecular weight is 323 g/mol. The lowest BCUT2D eigenvalue weighted by Gasteiger charge is -2.26. The highest BCUT2D eigenvalue weighted by Crippen LogP contribution is 2.20. The van der Waals surface area contributed by atoms with Crippen molar-refractivity contribution in [2.24, 2.45) is 0 Å². The standard InChI is InChI=1S/C15H21N3O3S/c1-11(2)18(9-5-8-16)15(19)13-7-6-12(3)14(10-13)17-22(4,20)21/h6-7,10-11,17H,5,9H2,1-4H3. The van der Waals surface area contributed by atoms with Crippen LogP contribution in [-0.2, 0) is 10.0 Å². The van der Waals surface area contributed by atoms with Gasteiger partial charge in [-0.3, -0.25) is 9.52 Å². The number of amides is 1. The molecule has 0 radical (unpaired) electrons. The molecule has 0 aromatic heterocycles.